The Kier molecular flexibility index (Phi) is 6.22. The summed E-state index contributed by atoms with van der Waals surface area (Å²) in [5.41, 5.74) is 3.33. The Bertz CT molecular complexity index is 1170. The molecule has 6 nitrogen and oxygen atoms in total. The fraction of sp³-hybridized carbons (Fsp3) is 0.154. The predicted octanol–water partition coefficient (Wildman–Crippen LogP) is 4.38. The molecule has 4 rings (SSSR count). The molecule has 0 radical (unpaired) electrons. The second-order valence-corrected chi connectivity index (χ2v) is 7.58. The zero-order valence-electron chi connectivity index (χ0n) is 17.9. The molecule has 1 unspecified atom stereocenters. The van der Waals surface area contributed by atoms with E-state index in [1.807, 2.05) is 56.3 Å². The van der Waals surface area contributed by atoms with E-state index in [9.17, 15) is 9.59 Å². The summed E-state index contributed by atoms with van der Waals surface area (Å²) < 4.78 is 11.3. The summed E-state index contributed by atoms with van der Waals surface area (Å²) in [6.45, 7) is 4.06. The Morgan fingerprint density at radius 1 is 1.03 bits per heavy atom. The summed E-state index contributed by atoms with van der Waals surface area (Å²) in [5, 5.41) is 5.55. The minimum absolute atomic E-state index is 0.128. The van der Waals surface area contributed by atoms with Gasteiger partial charge in [-0.05, 0) is 61.9 Å². The molecule has 1 aromatic heterocycles. The van der Waals surface area contributed by atoms with E-state index in [-0.39, 0.29) is 24.3 Å². The third-order valence-corrected chi connectivity index (χ3v) is 5.14. The van der Waals surface area contributed by atoms with Crippen molar-refractivity contribution in [1.82, 2.24) is 10.6 Å². The van der Waals surface area contributed by atoms with E-state index in [2.05, 4.69) is 10.6 Å². The first kappa shape index (κ1) is 21.2. The monoisotopic (exact) mass is 428 g/mol. The maximum absolute atomic E-state index is 13.0. The molecule has 1 aliphatic heterocycles. The molecule has 32 heavy (non-hydrogen) atoms. The van der Waals surface area contributed by atoms with E-state index < -0.39 is 5.91 Å². The van der Waals surface area contributed by atoms with Gasteiger partial charge in [-0.25, -0.2) is 0 Å². The van der Waals surface area contributed by atoms with Gasteiger partial charge in [0.2, 0.25) is 0 Å². The average molecular weight is 428 g/mol. The van der Waals surface area contributed by atoms with Gasteiger partial charge in [-0.1, -0.05) is 35.9 Å². The van der Waals surface area contributed by atoms with Gasteiger partial charge in [0.25, 0.3) is 11.8 Å². The molecule has 3 aromatic rings. The molecule has 0 fully saturated rings. The fourth-order valence-electron chi connectivity index (χ4n) is 3.32. The number of carbonyl (C=O) groups is 2. The smallest absolute Gasteiger partial charge is 0.268 e. The van der Waals surface area contributed by atoms with E-state index >= 15 is 0 Å². The molecule has 0 saturated carbocycles. The second kappa shape index (κ2) is 9.39. The van der Waals surface area contributed by atoms with Crippen LogP contribution >= 0.6 is 0 Å². The first-order valence-electron chi connectivity index (χ1n) is 10.4. The van der Waals surface area contributed by atoms with Crippen molar-refractivity contribution in [1.29, 1.82) is 0 Å². The van der Waals surface area contributed by atoms with E-state index in [0.29, 0.717) is 11.3 Å². The number of nitrogens with one attached hydrogen (secondary N) is 2. The van der Waals surface area contributed by atoms with Gasteiger partial charge >= 0.3 is 0 Å². The highest BCUT2D eigenvalue weighted by molar-refractivity contribution is 6.03. The highest BCUT2D eigenvalue weighted by Crippen LogP contribution is 2.30. The van der Waals surface area contributed by atoms with Crippen LogP contribution in [-0.2, 0) is 11.3 Å². The van der Waals surface area contributed by atoms with Crippen molar-refractivity contribution in [3.05, 3.63) is 107 Å². The Labute approximate surface area is 186 Å². The maximum Gasteiger partial charge on any atom is 0.268 e. The molecule has 2 aromatic carbocycles. The zero-order chi connectivity index (χ0) is 22.5. The van der Waals surface area contributed by atoms with Gasteiger partial charge in [0.15, 0.2) is 0 Å². The summed E-state index contributed by atoms with van der Waals surface area (Å²) in [4.78, 5) is 25.8. The number of carbonyl (C=O) groups excluding carboxylic acids is 2. The summed E-state index contributed by atoms with van der Waals surface area (Å²) in [7, 11) is 0. The molecule has 2 N–H and O–H groups in total. The normalized spacial score (nSPS) is 15.2. The Hall–Kier alpha value is -4.06. The molecular formula is C26H24N2O4. The van der Waals surface area contributed by atoms with Gasteiger partial charge in [0.05, 0.1) is 12.8 Å². The molecule has 0 aliphatic carbocycles. The number of ether oxygens (including phenoxy) is 1. The third kappa shape index (κ3) is 4.98. The average Bonchev–Trinajstić information content (AvgIpc) is 3.31. The highest BCUT2D eigenvalue weighted by Gasteiger charge is 2.21. The molecule has 0 spiro atoms. The van der Waals surface area contributed by atoms with Crippen LogP contribution in [0.15, 0.2) is 88.7 Å². The van der Waals surface area contributed by atoms with Crippen molar-refractivity contribution in [2.45, 2.75) is 26.5 Å². The van der Waals surface area contributed by atoms with Gasteiger partial charge < -0.3 is 19.8 Å². The number of benzene rings is 2. The van der Waals surface area contributed by atoms with Crippen molar-refractivity contribution in [3.63, 3.8) is 0 Å². The molecule has 1 aliphatic rings. The van der Waals surface area contributed by atoms with Gasteiger partial charge in [0.1, 0.15) is 23.3 Å². The van der Waals surface area contributed by atoms with Gasteiger partial charge in [0, 0.05) is 11.1 Å². The lowest BCUT2D eigenvalue weighted by Gasteiger charge is -2.23. The number of fused-ring (bicyclic) bond motifs is 1. The van der Waals surface area contributed by atoms with Crippen LogP contribution in [0.4, 0.5) is 0 Å². The lowest BCUT2D eigenvalue weighted by Crippen LogP contribution is -2.35. The van der Waals surface area contributed by atoms with Crippen molar-refractivity contribution in [3.8, 4) is 5.75 Å². The zero-order valence-corrected chi connectivity index (χ0v) is 17.9. The Morgan fingerprint density at radius 3 is 2.56 bits per heavy atom. The summed E-state index contributed by atoms with van der Waals surface area (Å²) in [6, 6.07) is 18.4. The van der Waals surface area contributed by atoms with Gasteiger partial charge in [-0.2, -0.15) is 0 Å². The Morgan fingerprint density at radius 2 is 1.81 bits per heavy atom. The third-order valence-electron chi connectivity index (χ3n) is 5.14. The molecule has 2 heterocycles. The van der Waals surface area contributed by atoms with E-state index in [1.165, 1.54) is 0 Å². The van der Waals surface area contributed by atoms with Crippen LogP contribution in [0.5, 0.6) is 5.75 Å². The topological polar surface area (TPSA) is 80.6 Å². The molecular weight excluding hydrogens is 404 g/mol. The molecule has 0 saturated heterocycles. The molecule has 1 atom stereocenters. The van der Waals surface area contributed by atoms with Gasteiger partial charge in [-0.15, -0.1) is 0 Å². The summed E-state index contributed by atoms with van der Waals surface area (Å²) in [6.07, 6.45) is 4.88. The largest absolute Gasteiger partial charge is 0.485 e. The van der Waals surface area contributed by atoms with Crippen LogP contribution in [0, 0.1) is 6.92 Å². The van der Waals surface area contributed by atoms with Crippen molar-refractivity contribution in [2.75, 3.05) is 0 Å². The van der Waals surface area contributed by atoms with E-state index in [4.69, 9.17) is 9.15 Å². The number of amides is 2. The van der Waals surface area contributed by atoms with Crippen LogP contribution in [0.25, 0.3) is 6.08 Å². The number of hydrogen-bond donors (Lipinski definition) is 2. The van der Waals surface area contributed by atoms with Crippen molar-refractivity contribution < 1.29 is 18.7 Å². The van der Waals surface area contributed by atoms with Crippen LogP contribution in [0.1, 0.15) is 34.2 Å². The number of aryl methyl sites for hydroxylation is 1. The highest BCUT2D eigenvalue weighted by atomic mass is 16.5. The molecule has 0 bridgehead atoms. The van der Waals surface area contributed by atoms with Crippen molar-refractivity contribution in [2.24, 2.45) is 0 Å². The first-order valence-corrected chi connectivity index (χ1v) is 10.4. The quantitative estimate of drug-likeness (QED) is 0.571. The van der Waals surface area contributed by atoms with Crippen LogP contribution < -0.4 is 15.4 Å². The minimum atomic E-state index is -0.422. The SMILES string of the molecule is Cc1ccc(C(=O)NC(=CC2=Cc3ccccc3OC2C)C(=O)NCc2ccco2)cc1. The number of rotatable bonds is 6. The maximum atomic E-state index is 13.0. The second-order valence-electron chi connectivity index (χ2n) is 7.58. The molecule has 6 heteroatoms. The summed E-state index contributed by atoms with van der Waals surface area (Å²) >= 11 is 0. The lowest BCUT2D eigenvalue weighted by atomic mass is 10.0. The summed E-state index contributed by atoms with van der Waals surface area (Å²) in [5.74, 6) is 0.610. The number of furan rings is 1. The molecule has 162 valence electrons. The fourth-order valence-corrected chi connectivity index (χ4v) is 3.32. The molecule has 2 amide bonds. The Balaban J connectivity index is 1.61. The standard InChI is InChI=1S/C26H24N2O4/c1-17-9-11-19(12-10-17)25(29)28-23(26(30)27-16-22-7-5-13-31-22)15-21-14-20-6-3-4-8-24(20)32-18(21)2/h3-15,18H,16H2,1-2H3,(H,27,30)(H,28,29). The van der Waals surface area contributed by atoms with Crippen LogP contribution in [0.2, 0.25) is 0 Å². The first-order chi connectivity index (χ1) is 15.5. The number of hydrogen-bond acceptors (Lipinski definition) is 4. The number of para-hydroxylation sites is 1. The van der Waals surface area contributed by atoms with Crippen molar-refractivity contribution >= 4 is 17.9 Å². The lowest BCUT2D eigenvalue weighted by molar-refractivity contribution is -0.118. The predicted molar refractivity (Wildman–Crippen MR) is 122 cm³/mol. The van der Waals surface area contributed by atoms with E-state index in [1.54, 1.807) is 36.6 Å². The minimum Gasteiger partial charge on any atom is -0.485 e. The van der Waals surface area contributed by atoms with E-state index in [0.717, 1.165) is 22.4 Å². The van der Waals surface area contributed by atoms with Crippen LogP contribution in [-0.4, -0.2) is 17.9 Å². The van der Waals surface area contributed by atoms with Crippen LogP contribution in [0.3, 0.4) is 0 Å². The van der Waals surface area contributed by atoms with Gasteiger partial charge in [-0.3, -0.25) is 9.59 Å².